The molecule has 0 bridgehead atoms. The number of nitrogens with two attached hydrogens (primary N) is 1. The van der Waals surface area contributed by atoms with Gasteiger partial charge in [-0.3, -0.25) is 14.9 Å². The molecule has 0 spiro atoms. The van der Waals surface area contributed by atoms with Gasteiger partial charge in [0.1, 0.15) is 17.6 Å². The Hall–Kier alpha value is -2.18. The maximum atomic E-state index is 11.2. The number of nitrogen functional groups attached to an aromatic ring is 1. The Morgan fingerprint density at radius 1 is 1.71 bits per heavy atom. The number of carbonyl (C=O) groups is 1. The van der Waals surface area contributed by atoms with Crippen molar-refractivity contribution in [2.45, 2.75) is 0 Å². The highest BCUT2D eigenvalue weighted by atomic mass is 16.6. The number of pyridine rings is 1. The van der Waals surface area contributed by atoms with Gasteiger partial charge in [0.15, 0.2) is 0 Å². The van der Waals surface area contributed by atoms with Gasteiger partial charge in [-0.05, 0) is 6.07 Å². The summed E-state index contributed by atoms with van der Waals surface area (Å²) in [6.45, 7) is 0. The van der Waals surface area contributed by atoms with Crippen molar-refractivity contribution in [2.75, 3.05) is 12.8 Å². The molecule has 0 unspecified atom stereocenters. The molecule has 0 aromatic carbocycles. The molecule has 1 aromatic heterocycles. The molecule has 0 aliphatic rings. The summed E-state index contributed by atoms with van der Waals surface area (Å²) in [4.78, 5) is 24.5. The fourth-order valence-corrected chi connectivity index (χ4v) is 0.926. The lowest BCUT2D eigenvalue weighted by Crippen LogP contribution is -2.19. The summed E-state index contributed by atoms with van der Waals surface area (Å²) >= 11 is 0. The predicted molar refractivity (Wildman–Crippen MR) is 48.7 cm³/mol. The Morgan fingerprint density at radius 3 is 2.86 bits per heavy atom. The number of nitrogens with zero attached hydrogens (tertiary/aromatic N) is 2. The van der Waals surface area contributed by atoms with Crippen molar-refractivity contribution < 1.29 is 9.72 Å². The molecule has 1 rings (SSSR count). The average Bonchev–Trinajstić information content (AvgIpc) is 2.16. The van der Waals surface area contributed by atoms with E-state index in [1.807, 2.05) is 0 Å². The molecule has 1 amide bonds. The maximum absolute atomic E-state index is 11.2. The van der Waals surface area contributed by atoms with Gasteiger partial charge in [-0.15, -0.1) is 0 Å². The van der Waals surface area contributed by atoms with Crippen molar-refractivity contribution in [3.63, 3.8) is 0 Å². The van der Waals surface area contributed by atoms with E-state index >= 15 is 0 Å². The van der Waals surface area contributed by atoms with Crippen molar-refractivity contribution in [1.82, 2.24) is 10.3 Å². The third-order valence-corrected chi connectivity index (χ3v) is 1.57. The van der Waals surface area contributed by atoms with Crippen molar-refractivity contribution in [3.8, 4) is 0 Å². The van der Waals surface area contributed by atoms with Gasteiger partial charge in [-0.1, -0.05) is 0 Å². The van der Waals surface area contributed by atoms with E-state index in [-0.39, 0.29) is 17.1 Å². The Morgan fingerprint density at radius 2 is 2.36 bits per heavy atom. The molecule has 14 heavy (non-hydrogen) atoms. The smallest absolute Gasteiger partial charge is 0.300 e. The maximum Gasteiger partial charge on any atom is 0.300 e. The van der Waals surface area contributed by atoms with E-state index in [1.165, 1.54) is 7.05 Å². The van der Waals surface area contributed by atoms with Crippen LogP contribution < -0.4 is 11.1 Å². The summed E-state index contributed by atoms with van der Waals surface area (Å²) in [5.41, 5.74) is 4.85. The van der Waals surface area contributed by atoms with Crippen LogP contribution in [0.25, 0.3) is 0 Å². The van der Waals surface area contributed by atoms with Gasteiger partial charge in [0.2, 0.25) is 0 Å². The van der Waals surface area contributed by atoms with Crippen molar-refractivity contribution >= 4 is 17.4 Å². The average molecular weight is 196 g/mol. The molecule has 0 saturated carbocycles. The van der Waals surface area contributed by atoms with E-state index in [1.54, 1.807) is 0 Å². The fraction of sp³-hybridized carbons (Fsp3) is 0.143. The molecule has 7 heteroatoms. The second kappa shape index (κ2) is 3.69. The minimum Gasteiger partial charge on any atom is -0.384 e. The van der Waals surface area contributed by atoms with E-state index in [9.17, 15) is 14.9 Å². The molecule has 0 fully saturated rings. The van der Waals surface area contributed by atoms with Gasteiger partial charge in [0, 0.05) is 7.05 Å². The monoisotopic (exact) mass is 196 g/mol. The van der Waals surface area contributed by atoms with Gasteiger partial charge in [0.05, 0.1) is 4.92 Å². The first-order valence-electron chi connectivity index (χ1n) is 3.68. The zero-order chi connectivity index (χ0) is 10.7. The Bertz CT molecular complexity index is 391. The number of nitro groups is 1. The number of rotatable bonds is 2. The minimum atomic E-state index is -0.684. The predicted octanol–water partition coefficient (Wildman–Crippen LogP) is -0.0684. The molecule has 3 N–H and O–H groups in total. The molecule has 0 saturated heterocycles. The quantitative estimate of drug-likeness (QED) is 0.508. The molecule has 0 radical (unpaired) electrons. The summed E-state index contributed by atoms with van der Waals surface area (Å²) < 4.78 is 0. The standard InChI is InChI=1S/C7H8N4O3/c1-9-7(12)4-2-6(8)10-3-5(4)11(13)14/h2-3H,1H3,(H2,8,10)(H,9,12). The fourth-order valence-electron chi connectivity index (χ4n) is 0.926. The van der Waals surface area contributed by atoms with Gasteiger partial charge in [-0.2, -0.15) is 0 Å². The second-order valence-electron chi connectivity index (χ2n) is 2.46. The Kier molecular flexibility index (Phi) is 2.61. The summed E-state index contributed by atoms with van der Waals surface area (Å²) in [5.74, 6) is -0.500. The van der Waals surface area contributed by atoms with Crippen LogP contribution in [0.15, 0.2) is 12.3 Å². The highest BCUT2D eigenvalue weighted by Gasteiger charge is 2.19. The van der Waals surface area contributed by atoms with Crippen LogP contribution in [0, 0.1) is 10.1 Å². The van der Waals surface area contributed by atoms with E-state index in [0.717, 1.165) is 12.3 Å². The molecular weight excluding hydrogens is 188 g/mol. The van der Waals surface area contributed by atoms with Crippen LogP contribution >= 0.6 is 0 Å². The number of amides is 1. The molecule has 74 valence electrons. The minimum absolute atomic E-state index is 0.0641. The normalized spacial score (nSPS) is 9.50. The van der Waals surface area contributed by atoms with Crippen LogP contribution in [-0.4, -0.2) is 22.9 Å². The Labute approximate surface area is 79.1 Å². The lowest BCUT2D eigenvalue weighted by Gasteiger charge is -2.01. The first-order valence-corrected chi connectivity index (χ1v) is 3.68. The molecule has 7 nitrogen and oxygen atoms in total. The molecule has 0 aliphatic carbocycles. The summed E-state index contributed by atoms with van der Waals surface area (Å²) in [5, 5.41) is 12.8. The van der Waals surface area contributed by atoms with Gasteiger partial charge in [0.25, 0.3) is 11.6 Å². The van der Waals surface area contributed by atoms with Crippen molar-refractivity contribution in [2.24, 2.45) is 0 Å². The highest BCUT2D eigenvalue weighted by Crippen LogP contribution is 2.18. The number of anilines is 1. The summed E-state index contributed by atoms with van der Waals surface area (Å²) in [7, 11) is 1.38. The zero-order valence-electron chi connectivity index (χ0n) is 7.35. The molecular formula is C7H8N4O3. The van der Waals surface area contributed by atoms with Crippen LogP contribution in [0.5, 0.6) is 0 Å². The van der Waals surface area contributed by atoms with Crippen LogP contribution in [0.4, 0.5) is 11.5 Å². The van der Waals surface area contributed by atoms with Crippen LogP contribution in [0.2, 0.25) is 0 Å². The van der Waals surface area contributed by atoms with Crippen LogP contribution in [-0.2, 0) is 0 Å². The third-order valence-electron chi connectivity index (χ3n) is 1.57. The molecule has 1 aromatic rings. The second-order valence-corrected chi connectivity index (χ2v) is 2.46. The molecule has 0 aliphatic heterocycles. The highest BCUT2D eigenvalue weighted by molar-refractivity contribution is 5.98. The number of nitrogens with one attached hydrogen (secondary N) is 1. The first-order chi connectivity index (χ1) is 6.56. The van der Waals surface area contributed by atoms with E-state index in [2.05, 4.69) is 10.3 Å². The number of hydrogen-bond donors (Lipinski definition) is 2. The zero-order valence-corrected chi connectivity index (χ0v) is 7.35. The number of carbonyl (C=O) groups excluding carboxylic acids is 1. The van der Waals surface area contributed by atoms with E-state index < -0.39 is 10.8 Å². The largest absolute Gasteiger partial charge is 0.384 e. The topological polar surface area (TPSA) is 111 Å². The van der Waals surface area contributed by atoms with Gasteiger partial charge < -0.3 is 11.1 Å². The molecule has 1 heterocycles. The van der Waals surface area contributed by atoms with Gasteiger partial charge >= 0.3 is 0 Å². The third kappa shape index (κ3) is 1.76. The van der Waals surface area contributed by atoms with Crippen molar-refractivity contribution in [1.29, 1.82) is 0 Å². The first kappa shape index (κ1) is 9.90. The van der Waals surface area contributed by atoms with Crippen LogP contribution in [0.1, 0.15) is 10.4 Å². The summed E-state index contributed by atoms with van der Waals surface area (Å²) in [6, 6.07) is 1.16. The Balaban J connectivity index is 3.29. The number of aromatic nitrogens is 1. The number of hydrogen-bond acceptors (Lipinski definition) is 5. The lowest BCUT2D eigenvalue weighted by molar-refractivity contribution is -0.385. The SMILES string of the molecule is CNC(=O)c1cc(N)ncc1[N+](=O)[O-]. The van der Waals surface area contributed by atoms with E-state index in [0.29, 0.717) is 0 Å². The van der Waals surface area contributed by atoms with Crippen LogP contribution in [0.3, 0.4) is 0 Å². The summed E-state index contributed by atoms with van der Waals surface area (Å²) in [6.07, 6.45) is 0.958. The molecule has 0 atom stereocenters. The van der Waals surface area contributed by atoms with E-state index in [4.69, 9.17) is 5.73 Å². The van der Waals surface area contributed by atoms with Crippen molar-refractivity contribution in [3.05, 3.63) is 27.9 Å². The lowest BCUT2D eigenvalue weighted by atomic mass is 10.2. The van der Waals surface area contributed by atoms with Gasteiger partial charge in [-0.25, -0.2) is 4.98 Å².